The van der Waals surface area contributed by atoms with Gasteiger partial charge in [-0.1, -0.05) is 0 Å². The fourth-order valence-electron chi connectivity index (χ4n) is 0.783. The van der Waals surface area contributed by atoms with Crippen LogP contribution in [0.4, 0.5) is 5.95 Å². The van der Waals surface area contributed by atoms with Gasteiger partial charge in [-0.3, -0.25) is 10.1 Å². The van der Waals surface area contributed by atoms with Gasteiger partial charge in [0, 0.05) is 5.92 Å². The fourth-order valence-corrected chi connectivity index (χ4v) is 0.783. The van der Waals surface area contributed by atoms with Crippen LogP contribution in [0.15, 0.2) is 10.9 Å². The minimum atomic E-state index is -0.00796. The van der Waals surface area contributed by atoms with Gasteiger partial charge in [-0.05, 0) is 18.0 Å². The van der Waals surface area contributed by atoms with Gasteiger partial charge in [0.1, 0.15) is 0 Å². The zero-order valence-corrected chi connectivity index (χ0v) is 5.78. The van der Waals surface area contributed by atoms with Gasteiger partial charge in [-0.25, -0.2) is 0 Å². The van der Waals surface area contributed by atoms with E-state index in [0.29, 0.717) is 0 Å². The molecule has 0 spiro atoms. The maximum absolute atomic E-state index is 11.0. The Morgan fingerprint density at radius 2 is 2.55 bits per heavy atom. The lowest BCUT2D eigenvalue weighted by Gasteiger charge is -1.94. The molecule has 1 amide bonds. The van der Waals surface area contributed by atoms with Crippen LogP contribution in [0.3, 0.4) is 0 Å². The molecule has 0 aromatic carbocycles. The Hall–Kier alpha value is -1.39. The smallest absolute Gasteiger partial charge is 0.269 e. The number of anilines is 1. The first-order valence-electron chi connectivity index (χ1n) is 3.43. The number of nitrogens with zero attached hydrogens (tertiary/aromatic N) is 2. The third-order valence-electron chi connectivity index (χ3n) is 1.54. The van der Waals surface area contributed by atoms with E-state index in [-0.39, 0.29) is 17.8 Å². The van der Waals surface area contributed by atoms with E-state index in [9.17, 15) is 4.79 Å². The maximum atomic E-state index is 11.0. The van der Waals surface area contributed by atoms with Crippen molar-refractivity contribution >= 4 is 11.9 Å². The van der Waals surface area contributed by atoms with Crippen molar-refractivity contribution in [2.75, 3.05) is 5.32 Å². The third-order valence-corrected chi connectivity index (χ3v) is 1.54. The van der Waals surface area contributed by atoms with Gasteiger partial charge in [0.25, 0.3) is 5.95 Å². The number of carbonyl (C=O) groups excluding carboxylic acids is 1. The first-order valence-corrected chi connectivity index (χ1v) is 3.43. The largest absolute Gasteiger partial charge is 0.341 e. The molecule has 1 saturated carbocycles. The second kappa shape index (κ2) is 2.34. The number of rotatable bonds is 2. The van der Waals surface area contributed by atoms with Crippen LogP contribution < -0.4 is 5.32 Å². The second-order valence-corrected chi connectivity index (χ2v) is 2.52. The molecule has 0 saturated heterocycles. The van der Waals surface area contributed by atoms with Crippen molar-refractivity contribution in [3.05, 3.63) is 6.39 Å². The van der Waals surface area contributed by atoms with Crippen LogP contribution >= 0.6 is 0 Å². The number of hydrogen-bond donors (Lipinski definition) is 1. The summed E-state index contributed by atoms with van der Waals surface area (Å²) >= 11 is 0. The number of amides is 1. The van der Waals surface area contributed by atoms with Crippen molar-refractivity contribution in [1.29, 1.82) is 0 Å². The monoisotopic (exact) mass is 153 g/mol. The lowest BCUT2D eigenvalue weighted by molar-refractivity contribution is -0.117. The van der Waals surface area contributed by atoms with Gasteiger partial charge in [-0.15, -0.1) is 0 Å². The Morgan fingerprint density at radius 1 is 1.73 bits per heavy atom. The molecule has 2 rings (SSSR count). The van der Waals surface area contributed by atoms with E-state index >= 15 is 0 Å². The lowest BCUT2D eigenvalue weighted by Crippen LogP contribution is -2.14. The van der Waals surface area contributed by atoms with Gasteiger partial charge in [0.05, 0.1) is 0 Å². The summed E-state index contributed by atoms with van der Waals surface area (Å²) < 4.78 is 4.44. The summed E-state index contributed by atoms with van der Waals surface area (Å²) in [4.78, 5) is 14.7. The molecule has 0 bridgehead atoms. The van der Waals surface area contributed by atoms with Crippen LogP contribution in [0.25, 0.3) is 0 Å². The Labute approximate surface area is 62.8 Å². The number of carbonyl (C=O) groups is 1. The number of hydrogen-bond acceptors (Lipinski definition) is 4. The first kappa shape index (κ1) is 6.33. The van der Waals surface area contributed by atoms with E-state index in [2.05, 4.69) is 20.0 Å². The first-order chi connectivity index (χ1) is 5.36. The molecule has 1 N–H and O–H groups in total. The fraction of sp³-hybridized carbons (Fsp3) is 0.500. The van der Waals surface area contributed by atoms with Crippen LogP contribution in [-0.2, 0) is 4.79 Å². The zero-order valence-electron chi connectivity index (χ0n) is 5.78. The van der Waals surface area contributed by atoms with Gasteiger partial charge >= 0.3 is 0 Å². The topological polar surface area (TPSA) is 68.0 Å². The van der Waals surface area contributed by atoms with Crippen molar-refractivity contribution in [1.82, 2.24) is 10.1 Å². The highest BCUT2D eigenvalue weighted by Gasteiger charge is 2.30. The predicted molar refractivity (Wildman–Crippen MR) is 35.7 cm³/mol. The maximum Gasteiger partial charge on any atom is 0.269 e. The van der Waals surface area contributed by atoms with E-state index in [1.54, 1.807) is 0 Å². The summed E-state index contributed by atoms with van der Waals surface area (Å²) in [5.74, 6) is 0.418. The Morgan fingerprint density at radius 3 is 3.09 bits per heavy atom. The molecule has 11 heavy (non-hydrogen) atoms. The highest BCUT2D eigenvalue weighted by Crippen LogP contribution is 2.29. The molecule has 0 atom stereocenters. The molecular weight excluding hydrogens is 146 g/mol. The molecule has 1 aromatic heterocycles. The normalized spacial score (nSPS) is 16.4. The Balaban J connectivity index is 1.94. The summed E-state index contributed by atoms with van der Waals surface area (Å²) in [7, 11) is 0. The Bertz CT molecular complexity index is 253. The number of nitrogens with one attached hydrogen (secondary N) is 1. The molecule has 0 radical (unpaired) electrons. The van der Waals surface area contributed by atoms with Crippen LogP contribution in [-0.4, -0.2) is 16.0 Å². The van der Waals surface area contributed by atoms with E-state index < -0.39 is 0 Å². The van der Waals surface area contributed by atoms with E-state index in [1.807, 2.05) is 0 Å². The van der Waals surface area contributed by atoms with Crippen molar-refractivity contribution in [3.8, 4) is 0 Å². The molecule has 5 heteroatoms. The van der Waals surface area contributed by atoms with E-state index in [0.717, 1.165) is 12.8 Å². The molecule has 1 aliphatic rings. The predicted octanol–water partition coefficient (Wildman–Crippen LogP) is 0.418. The van der Waals surface area contributed by atoms with Gasteiger partial charge in [0.2, 0.25) is 12.3 Å². The van der Waals surface area contributed by atoms with E-state index in [1.165, 1.54) is 6.39 Å². The molecule has 1 aliphatic carbocycles. The third kappa shape index (κ3) is 1.36. The SMILES string of the molecule is O=C(Nc1ncon1)C1CC1. The molecule has 1 fully saturated rings. The summed E-state index contributed by atoms with van der Waals surface area (Å²) in [5, 5.41) is 5.98. The Kier molecular flexibility index (Phi) is 1.34. The highest BCUT2D eigenvalue weighted by atomic mass is 16.5. The zero-order chi connectivity index (χ0) is 7.68. The van der Waals surface area contributed by atoms with Crippen molar-refractivity contribution in [2.24, 2.45) is 5.92 Å². The van der Waals surface area contributed by atoms with E-state index in [4.69, 9.17) is 0 Å². The number of aromatic nitrogens is 2. The minimum Gasteiger partial charge on any atom is -0.341 e. The standard InChI is InChI=1S/C6H7N3O2/c10-5(4-1-2-4)8-6-7-3-11-9-6/h3-4H,1-2H2,(H,8,9,10). The summed E-state index contributed by atoms with van der Waals surface area (Å²) in [5.41, 5.74) is 0. The van der Waals surface area contributed by atoms with Gasteiger partial charge in [-0.2, -0.15) is 4.98 Å². The van der Waals surface area contributed by atoms with Crippen LogP contribution in [0.2, 0.25) is 0 Å². The van der Waals surface area contributed by atoms with Crippen molar-refractivity contribution < 1.29 is 9.32 Å². The van der Waals surface area contributed by atoms with Crippen LogP contribution in [0.5, 0.6) is 0 Å². The molecule has 1 heterocycles. The lowest BCUT2D eigenvalue weighted by atomic mass is 10.4. The molecule has 5 nitrogen and oxygen atoms in total. The van der Waals surface area contributed by atoms with Gasteiger partial charge in [0.15, 0.2) is 0 Å². The quantitative estimate of drug-likeness (QED) is 0.668. The average molecular weight is 153 g/mol. The molecular formula is C6H7N3O2. The van der Waals surface area contributed by atoms with Crippen molar-refractivity contribution in [3.63, 3.8) is 0 Å². The minimum absolute atomic E-state index is 0.00796. The molecule has 1 aromatic rings. The highest BCUT2D eigenvalue weighted by molar-refractivity contribution is 5.92. The summed E-state index contributed by atoms with van der Waals surface area (Å²) in [6.07, 6.45) is 3.13. The average Bonchev–Trinajstić information content (AvgIpc) is 2.73. The van der Waals surface area contributed by atoms with Crippen LogP contribution in [0, 0.1) is 5.92 Å². The second-order valence-electron chi connectivity index (χ2n) is 2.52. The molecule has 58 valence electrons. The molecule has 0 aliphatic heterocycles. The van der Waals surface area contributed by atoms with Gasteiger partial charge < -0.3 is 4.52 Å². The summed E-state index contributed by atoms with van der Waals surface area (Å²) in [6.45, 7) is 0. The van der Waals surface area contributed by atoms with Crippen molar-refractivity contribution in [2.45, 2.75) is 12.8 Å². The van der Waals surface area contributed by atoms with Crippen LogP contribution in [0.1, 0.15) is 12.8 Å². The molecule has 0 unspecified atom stereocenters. The summed E-state index contributed by atoms with van der Waals surface area (Å²) in [6, 6.07) is 0.